The molecule has 2 aromatic carbocycles. The van der Waals surface area contributed by atoms with Gasteiger partial charge in [0.2, 0.25) is 5.91 Å². The normalized spacial score (nSPS) is 10.5. The number of aromatic carboxylic acids is 1. The van der Waals surface area contributed by atoms with Crippen molar-refractivity contribution >= 4 is 29.3 Å². The van der Waals surface area contributed by atoms with Crippen LogP contribution in [0.5, 0.6) is 5.75 Å². The Kier molecular flexibility index (Phi) is 7.45. The number of carbonyl (C=O) groups is 2. The van der Waals surface area contributed by atoms with E-state index in [2.05, 4.69) is 22.1 Å². The molecule has 9 heteroatoms. The van der Waals surface area contributed by atoms with Crippen LogP contribution < -0.4 is 10.1 Å². The molecule has 0 aliphatic heterocycles. The van der Waals surface area contributed by atoms with Crippen molar-refractivity contribution in [3.8, 4) is 5.75 Å². The molecule has 1 amide bonds. The first-order valence-corrected chi connectivity index (χ1v) is 10.4. The van der Waals surface area contributed by atoms with Gasteiger partial charge >= 0.3 is 5.97 Å². The molecular formula is C22H22N4O4S. The van der Waals surface area contributed by atoms with Gasteiger partial charge in [0.05, 0.1) is 11.3 Å². The van der Waals surface area contributed by atoms with E-state index in [9.17, 15) is 9.59 Å². The molecule has 0 spiro atoms. The van der Waals surface area contributed by atoms with Crippen LogP contribution in [0.3, 0.4) is 0 Å². The van der Waals surface area contributed by atoms with Crippen molar-refractivity contribution in [1.29, 1.82) is 0 Å². The van der Waals surface area contributed by atoms with Gasteiger partial charge in [-0.3, -0.25) is 9.36 Å². The summed E-state index contributed by atoms with van der Waals surface area (Å²) in [4.78, 5) is 23.4. The van der Waals surface area contributed by atoms with Crippen LogP contribution in [0.4, 0.5) is 5.69 Å². The van der Waals surface area contributed by atoms with E-state index in [4.69, 9.17) is 9.84 Å². The van der Waals surface area contributed by atoms with Crippen LogP contribution >= 0.6 is 11.8 Å². The average molecular weight is 439 g/mol. The fraction of sp³-hybridized carbons (Fsp3) is 0.182. The van der Waals surface area contributed by atoms with E-state index in [1.165, 1.54) is 23.9 Å². The molecule has 1 heterocycles. The molecule has 0 saturated carbocycles. The minimum absolute atomic E-state index is 0.0885. The number of carboxylic acid groups (broad SMARTS) is 1. The number of thioether (sulfide) groups is 1. The summed E-state index contributed by atoms with van der Waals surface area (Å²) in [5.74, 6) is 0.153. The Balaban J connectivity index is 1.62. The van der Waals surface area contributed by atoms with E-state index in [-0.39, 0.29) is 23.8 Å². The molecule has 0 atom stereocenters. The van der Waals surface area contributed by atoms with Crippen LogP contribution in [-0.2, 0) is 17.9 Å². The smallest absolute Gasteiger partial charge is 0.335 e. The highest BCUT2D eigenvalue weighted by molar-refractivity contribution is 7.99. The molecule has 3 rings (SSSR count). The van der Waals surface area contributed by atoms with E-state index in [0.717, 1.165) is 11.3 Å². The van der Waals surface area contributed by atoms with Gasteiger partial charge in [0.1, 0.15) is 12.4 Å². The minimum Gasteiger partial charge on any atom is -0.485 e. The number of anilines is 1. The van der Waals surface area contributed by atoms with E-state index in [1.54, 1.807) is 18.2 Å². The number of hydrogen-bond donors (Lipinski definition) is 2. The number of benzene rings is 2. The number of ether oxygens (including phenoxy) is 1. The first-order valence-electron chi connectivity index (χ1n) is 9.45. The standard InChI is InChI=1S/C22H22N4O4S/c1-3-11-26-19(13-30-18-10-5-4-7-15(18)2)24-25-22(26)31-14-20(27)23-17-9-6-8-16(12-17)21(28)29/h3-10,12H,1,11,13-14H2,2H3,(H,23,27)(H,28,29). The largest absolute Gasteiger partial charge is 0.485 e. The number of aryl methyl sites for hydroxylation is 1. The Morgan fingerprint density at radius 2 is 2.03 bits per heavy atom. The number of nitrogens with zero attached hydrogens (tertiary/aromatic N) is 3. The van der Waals surface area contributed by atoms with Crippen molar-refractivity contribution < 1.29 is 19.4 Å². The Hall–Kier alpha value is -3.59. The fourth-order valence-corrected chi connectivity index (χ4v) is 3.53. The molecule has 0 fully saturated rings. The van der Waals surface area contributed by atoms with Gasteiger partial charge in [-0.1, -0.05) is 42.1 Å². The summed E-state index contributed by atoms with van der Waals surface area (Å²) in [7, 11) is 0. The van der Waals surface area contributed by atoms with Crippen LogP contribution in [0.15, 0.2) is 66.3 Å². The predicted octanol–water partition coefficient (Wildman–Crippen LogP) is 3.78. The van der Waals surface area contributed by atoms with E-state index in [0.29, 0.717) is 23.2 Å². The maximum Gasteiger partial charge on any atom is 0.335 e. The second-order valence-corrected chi connectivity index (χ2v) is 7.52. The highest BCUT2D eigenvalue weighted by Gasteiger charge is 2.15. The maximum atomic E-state index is 12.3. The molecule has 0 aliphatic rings. The van der Waals surface area contributed by atoms with Crippen molar-refractivity contribution in [2.24, 2.45) is 0 Å². The van der Waals surface area contributed by atoms with Crippen LogP contribution in [0.2, 0.25) is 0 Å². The fourth-order valence-electron chi connectivity index (χ4n) is 2.76. The molecule has 0 bridgehead atoms. The number of amides is 1. The van der Waals surface area contributed by atoms with Gasteiger partial charge in [-0.05, 0) is 36.8 Å². The Labute approximate surface area is 184 Å². The zero-order chi connectivity index (χ0) is 22.2. The number of para-hydroxylation sites is 1. The summed E-state index contributed by atoms with van der Waals surface area (Å²) < 4.78 is 7.71. The average Bonchev–Trinajstić information content (AvgIpc) is 3.14. The second-order valence-electron chi connectivity index (χ2n) is 6.58. The summed E-state index contributed by atoms with van der Waals surface area (Å²) >= 11 is 1.23. The Morgan fingerprint density at radius 1 is 1.23 bits per heavy atom. The second kappa shape index (κ2) is 10.4. The third-order valence-corrected chi connectivity index (χ3v) is 5.25. The van der Waals surface area contributed by atoms with Crippen molar-refractivity contribution in [2.75, 3.05) is 11.1 Å². The van der Waals surface area contributed by atoms with Crippen LogP contribution in [0, 0.1) is 6.92 Å². The number of carboxylic acids is 1. The van der Waals surface area contributed by atoms with Crippen LogP contribution in [0.1, 0.15) is 21.7 Å². The Morgan fingerprint density at radius 3 is 2.77 bits per heavy atom. The monoisotopic (exact) mass is 438 g/mol. The molecule has 31 heavy (non-hydrogen) atoms. The van der Waals surface area contributed by atoms with Gasteiger partial charge in [0.15, 0.2) is 11.0 Å². The molecule has 0 saturated heterocycles. The number of rotatable bonds is 10. The molecule has 0 unspecified atom stereocenters. The maximum absolute atomic E-state index is 12.3. The molecule has 0 radical (unpaired) electrons. The van der Waals surface area contributed by atoms with Crippen molar-refractivity contribution in [3.05, 3.63) is 78.1 Å². The lowest BCUT2D eigenvalue weighted by molar-refractivity contribution is -0.113. The molecule has 160 valence electrons. The highest BCUT2D eigenvalue weighted by atomic mass is 32.2. The van der Waals surface area contributed by atoms with Gasteiger partial charge in [0.25, 0.3) is 0 Å². The zero-order valence-corrected chi connectivity index (χ0v) is 17.8. The third kappa shape index (κ3) is 5.95. The number of aromatic nitrogens is 3. The summed E-state index contributed by atoms with van der Waals surface area (Å²) in [6.45, 7) is 6.45. The van der Waals surface area contributed by atoms with Gasteiger partial charge < -0.3 is 15.2 Å². The summed E-state index contributed by atoms with van der Waals surface area (Å²) in [5, 5.41) is 20.7. The molecule has 3 aromatic rings. The molecule has 0 aliphatic carbocycles. The first-order chi connectivity index (χ1) is 15.0. The van der Waals surface area contributed by atoms with E-state index in [1.807, 2.05) is 35.8 Å². The first kappa shape index (κ1) is 22.1. The van der Waals surface area contributed by atoms with Crippen molar-refractivity contribution in [1.82, 2.24) is 14.8 Å². The topological polar surface area (TPSA) is 106 Å². The van der Waals surface area contributed by atoms with Crippen LogP contribution in [0.25, 0.3) is 0 Å². The zero-order valence-electron chi connectivity index (χ0n) is 16.9. The number of allylic oxidation sites excluding steroid dienone is 1. The summed E-state index contributed by atoms with van der Waals surface area (Å²) in [6, 6.07) is 13.8. The summed E-state index contributed by atoms with van der Waals surface area (Å²) in [5.41, 5.74) is 1.55. The predicted molar refractivity (Wildman–Crippen MR) is 118 cm³/mol. The molecule has 1 aromatic heterocycles. The SMILES string of the molecule is C=CCn1c(COc2ccccc2C)nnc1SCC(=O)Nc1cccc(C(=O)O)c1. The lowest BCUT2D eigenvalue weighted by atomic mass is 10.2. The molecule has 8 nitrogen and oxygen atoms in total. The lowest BCUT2D eigenvalue weighted by Gasteiger charge is -2.10. The van der Waals surface area contributed by atoms with E-state index < -0.39 is 5.97 Å². The lowest BCUT2D eigenvalue weighted by Crippen LogP contribution is -2.15. The third-order valence-electron chi connectivity index (χ3n) is 4.28. The van der Waals surface area contributed by atoms with Crippen molar-refractivity contribution in [3.63, 3.8) is 0 Å². The quantitative estimate of drug-likeness (QED) is 0.366. The number of carbonyl (C=O) groups excluding carboxylic acids is 1. The van der Waals surface area contributed by atoms with Crippen LogP contribution in [-0.4, -0.2) is 37.5 Å². The van der Waals surface area contributed by atoms with Gasteiger partial charge in [-0.25, -0.2) is 4.79 Å². The van der Waals surface area contributed by atoms with E-state index >= 15 is 0 Å². The minimum atomic E-state index is -1.05. The Bertz CT molecular complexity index is 1100. The van der Waals surface area contributed by atoms with Gasteiger partial charge in [0, 0.05) is 12.2 Å². The highest BCUT2D eigenvalue weighted by Crippen LogP contribution is 2.21. The van der Waals surface area contributed by atoms with Gasteiger partial charge in [-0.2, -0.15) is 0 Å². The molecule has 2 N–H and O–H groups in total. The number of nitrogens with one attached hydrogen (secondary N) is 1. The summed E-state index contributed by atoms with van der Waals surface area (Å²) in [6.07, 6.45) is 1.72. The van der Waals surface area contributed by atoms with Crippen molar-refractivity contribution in [2.45, 2.75) is 25.2 Å². The van der Waals surface area contributed by atoms with Gasteiger partial charge in [-0.15, -0.1) is 16.8 Å². The number of hydrogen-bond acceptors (Lipinski definition) is 6. The molecular weight excluding hydrogens is 416 g/mol.